The minimum Gasteiger partial charge on any atom is -0.494 e. The van der Waals surface area contributed by atoms with Crippen LogP contribution in [0.3, 0.4) is 0 Å². The van der Waals surface area contributed by atoms with Crippen molar-refractivity contribution in [2.75, 3.05) is 43.0 Å². The zero-order valence-corrected chi connectivity index (χ0v) is 21.1. The van der Waals surface area contributed by atoms with Gasteiger partial charge in [0.25, 0.3) is 17.5 Å². The van der Waals surface area contributed by atoms with Gasteiger partial charge in [0, 0.05) is 55.1 Å². The van der Waals surface area contributed by atoms with Crippen LogP contribution in [0.25, 0.3) is 0 Å². The van der Waals surface area contributed by atoms with E-state index in [0.717, 1.165) is 17.9 Å². The molecule has 10 heteroatoms. The second-order valence-corrected chi connectivity index (χ2v) is 8.98. The first-order valence-electron chi connectivity index (χ1n) is 12.0. The van der Waals surface area contributed by atoms with E-state index < -0.39 is 10.8 Å². The molecule has 1 heterocycles. The molecule has 0 saturated carbocycles. The minimum absolute atomic E-state index is 0.0166. The zero-order chi connectivity index (χ0) is 26.4. The van der Waals surface area contributed by atoms with E-state index in [-0.39, 0.29) is 11.6 Å². The summed E-state index contributed by atoms with van der Waals surface area (Å²) in [4.78, 5) is 39.6. The Morgan fingerprint density at radius 1 is 0.973 bits per heavy atom. The largest absolute Gasteiger partial charge is 0.494 e. The van der Waals surface area contributed by atoms with Crippen molar-refractivity contribution in [2.24, 2.45) is 0 Å². The first-order valence-corrected chi connectivity index (χ1v) is 12.4. The summed E-state index contributed by atoms with van der Waals surface area (Å²) >= 11 is 6.53. The van der Waals surface area contributed by atoms with E-state index in [1.54, 1.807) is 24.3 Å². The summed E-state index contributed by atoms with van der Waals surface area (Å²) in [6.07, 6.45) is 0.925. The fourth-order valence-electron chi connectivity index (χ4n) is 4.03. The number of benzene rings is 3. The molecule has 37 heavy (non-hydrogen) atoms. The molecular weight excluding hydrogens is 496 g/mol. The maximum Gasteiger partial charge on any atom is 0.269 e. The fourth-order valence-corrected chi connectivity index (χ4v) is 4.33. The number of nitrogens with zero attached hydrogens (tertiary/aromatic N) is 3. The van der Waals surface area contributed by atoms with E-state index in [1.165, 1.54) is 24.3 Å². The highest BCUT2D eigenvalue weighted by Gasteiger charge is 2.23. The lowest BCUT2D eigenvalue weighted by atomic mass is 10.1. The molecule has 3 aromatic rings. The molecule has 1 aliphatic heterocycles. The molecule has 3 aromatic carbocycles. The molecule has 1 aliphatic rings. The van der Waals surface area contributed by atoms with Crippen molar-refractivity contribution in [3.8, 4) is 5.75 Å². The van der Waals surface area contributed by atoms with E-state index in [2.05, 4.69) is 10.2 Å². The van der Waals surface area contributed by atoms with Gasteiger partial charge in [0.2, 0.25) is 0 Å². The van der Waals surface area contributed by atoms with E-state index in [4.69, 9.17) is 16.3 Å². The van der Waals surface area contributed by atoms with Crippen LogP contribution in [0.2, 0.25) is 5.02 Å². The fraction of sp³-hybridized carbons (Fsp3) is 0.259. The number of nitro groups is 1. The van der Waals surface area contributed by atoms with E-state index >= 15 is 0 Å². The van der Waals surface area contributed by atoms with Crippen molar-refractivity contribution in [3.05, 3.63) is 93.0 Å². The minimum atomic E-state index is -0.517. The molecule has 0 aliphatic carbocycles. The van der Waals surface area contributed by atoms with Crippen LogP contribution < -0.4 is 15.0 Å². The number of amides is 2. The topological polar surface area (TPSA) is 105 Å². The summed E-state index contributed by atoms with van der Waals surface area (Å²) in [6, 6.07) is 17.9. The average molecular weight is 523 g/mol. The number of halogens is 1. The Balaban J connectivity index is 1.33. The number of nitro benzene ring substituents is 1. The smallest absolute Gasteiger partial charge is 0.269 e. The van der Waals surface area contributed by atoms with Gasteiger partial charge in [0.1, 0.15) is 5.75 Å². The van der Waals surface area contributed by atoms with Crippen molar-refractivity contribution < 1.29 is 19.2 Å². The third-order valence-electron chi connectivity index (χ3n) is 6.03. The lowest BCUT2D eigenvalue weighted by molar-refractivity contribution is -0.384. The number of rotatable bonds is 8. The molecule has 192 valence electrons. The third kappa shape index (κ3) is 6.37. The maximum atomic E-state index is 12.9. The Morgan fingerprint density at radius 3 is 2.22 bits per heavy atom. The third-order valence-corrected chi connectivity index (χ3v) is 6.33. The van der Waals surface area contributed by atoms with Gasteiger partial charge >= 0.3 is 0 Å². The Hall–Kier alpha value is -4.11. The van der Waals surface area contributed by atoms with E-state index in [9.17, 15) is 19.7 Å². The van der Waals surface area contributed by atoms with Crippen LogP contribution in [0.4, 0.5) is 17.1 Å². The van der Waals surface area contributed by atoms with Gasteiger partial charge in [-0.05, 0) is 61.0 Å². The number of non-ortho nitro benzene ring substituents is 1. The van der Waals surface area contributed by atoms with Crippen molar-refractivity contribution in [1.82, 2.24) is 4.90 Å². The lowest BCUT2D eigenvalue weighted by Crippen LogP contribution is -2.48. The molecule has 9 nitrogen and oxygen atoms in total. The van der Waals surface area contributed by atoms with Crippen molar-refractivity contribution in [3.63, 3.8) is 0 Å². The number of anilines is 2. The number of piperazine rings is 1. The number of carbonyl (C=O) groups is 2. The van der Waals surface area contributed by atoms with Gasteiger partial charge in [-0.3, -0.25) is 19.7 Å². The predicted octanol–water partition coefficient (Wildman–Crippen LogP) is 5.25. The van der Waals surface area contributed by atoms with Crippen LogP contribution in [0.5, 0.6) is 5.75 Å². The van der Waals surface area contributed by atoms with Crippen LogP contribution in [-0.4, -0.2) is 54.4 Å². The SMILES string of the molecule is CCCOc1ccc(C(=O)N2CCN(c3ccc(NC(=O)c4ccc([N+](=O)[O-])cc4)cc3Cl)CC2)cc1. The summed E-state index contributed by atoms with van der Waals surface area (Å²) in [5, 5.41) is 14.0. The molecule has 0 unspecified atom stereocenters. The van der Waals surface area contributed by atoms with E-state index in [0.29, 0.717) is 54.6 Å². The normalized spacial score (nSPS) is 13.2. The van der Waals surface area contributed by atoms with Gasteiger partial charge in [-0.25, -0.2) is 0 Å². The van der Waals surface area contributed by atoms with Crippen molar-refractivity contribution in [1.29, 1.82) is 0 Å². The predicted molar refractivity (Wildman–Crippen MR) is 143 cm³/mol. The Bertz CT molecular complexity index is 1270. The first kappa shape index (κ1) is 26.0. The second kappa shape index (κ2) is 11.7. The van der Waals surface area contributed by atoms with Crippen LogP contribution in [0.1, 0.15) is 34.1 Å². The van der Waals surface area contributed by atoms with Crippen molar-refractivity contribution in [2.45, 2.75) is 13.3 Å². The molecule has 0 bridgehead atoms. The number of hydrogen-bond acceptors (Lipinski definition) is 6. The number of carbonyl (C=O) groups excluding carboxylic acids is 2. The van der Waals surface area contributed by atoms with Gasteiger partial charge in [0.15, 0.2) is 0 Å². The summed E-state index contributed by atoms with van der Waals surface area (Å²) in [6.45, 7) is 5.05. The zero-order valence-electron chi connectivity index (χ0n) is 20.4. The van der Waals surface area contributed by atoms with Gasteiger partial charge in [-0.15, -0.1) is 0 Å². The highest BCUT2D eigenvalue weighted by Crippen LogP contribution is 2.30. The number of hydrogen-bond donors (Lipinski definition) is 1. The van der Waals surface area contributed by atoms with Crippen LogP contribution in [0.15, 0.2) is 66.7 Å². The molecule has 4 rings (SSSR count). The highest BCUT2D eigenvalue weighted by atomic mass is 35.5. The molecule has 1 N–H and O–H groups in total. The average Bonchev–Trinajstić information content (AvgIpc) is 2.92. The Labute approximate surface area is 219 Å². The highest BCUT2D eigenvalue weighted by molar-refractivity contribution is 6.33. The van der Waals surface area contributed by atoms with Gasteiger partial charge in [-0.1, -0.05) is 18.5 Å². The Kier molecular flexibility index (Phi) is 8.25. The molecule has 2 amide bonds. The Morgan fingerprint density at radius 2 is 1.62 bits per heavy atom. The second-order valence-electron chi connectivity index (χ2n) is 8.58. The van der Waals surface area contributed by atoms with Crippen LogP contribution in [0, 0.1) is 10.1 Å². The molecule has 0 atom stereocenters. The van der Waals surface area contributed by atoms with Crippen LogP contribution >= 0.6 is 11.6 Å². The first-order chi connectivity index (χ1) is 17.9. The monoisotopic (exact) mass is 522 g/mol. The standard InChI is InChI=1S/C27H27ClN4O5/c1-2-17-37-23-10-5-20(6-11-23)27(34)31-15-13-30(14-16-31)25-12-7-21(18-24(25)28)29-26(33)19-3-8-22(9-4-19)32(35)36/h3-12,18H,2,13-17H2,1H3,(H,29,33). The molecule has 1 saturated heterocycles. The van der Waals surface area contributed by atoms with Crippen LogP contribution in [-0.2, 0) is 0 Å². The van der Waals surface area contributed by atoms with E-state index in [1.807, 2.05) is 30.0 Å². The number of nitrogens with one attached hydrogen (secondary N) is 1. The van der Waals surface area contributed by atoms with Gasteiger partial charge in [-0.2, -0.15) is 0 Å². The quantitative estimate of drug-likeness (QED) is 0.320. The molecule has 0 aromatic heterocycles. The maximum absolute atomic E-state index is 12.9. The molecule has 0 radical (unpaired) electrons. The molecule has 0 spiro atoms. The summed E-state index contributed by atoms with van der Waals surface area (Å²) in [7, 11) is 0. The summed E-state index contributed by atoms with van der Waals surface area (Å²) < 4.78 is 5.58. The lowest BCUT2D eigenvalue weighted by Gasteiger charge is -2.36. The molecule has 1 fully saturated rings. The van der Waals surface area contributed by atoms with Crippen molar-refractivity contribution >= 4 is 40.5 Å². The molecular formula is C27H27ClN4O5. The summed E-state index contributed by atoms with van der Waals surface area (Å²) in [5.74, 6) is 0.345. The summed E-state index contributed by atoms with van der Waals surface area (Å²) in [5.41, 5.74) is 2.18. The number of ether oxygens (including phenoxy) is 1. The van der Waals surface area contributed by atoms with Gasteiger partial charge < -0.3 is 19.9 Å². The van der Waals surface area contributed by atoms with Gasteiger partial charge in [0.05, 0.1) is 22.2 Å².